The molecule has 108 valence electrons. The van der Waals surface area contributed by atoms with E-state index in [1.54, 1.807) is 13.8 Å². The van der Waals surface area contributed by atoms with Crippen LogP contribution in [0.4, 0.5) is 4.79 Å². The fourth-order valence-electron chi connectivity index (χ4n) is 1.01. The van der Waals surface area contributed by atoms with Crippen molar-refractivity contribution < 1.29 is 32.6 Å². The van der Waals surface area contributed by atoms with Crippen LogP contribution in [0.1, 0.15) is 20.8 Å². The molecule has 0 fully saturated rings. The van der Waals surface area contributed by atoms with Crippen LogP contribution in [-0.2, 0) is 27.8 Å². The van der Waals surface area contributed by atoms with Crippen molar-refractivity contribution in [3.8, 4) is 0 Å². The van der Waals surface area contributed by atoms with E-state index in [2.05, 4.69) is 9.47 Å². The van der Waals surface area contributed by atoms with Crippen molar-refractivity contribution in [2.45, 2.75) is 20.8 Å². The van der Waals surface area contributed by atoms with Gasteiger partial charge in [0.1, 0.15) is 6.61 Å². The SMILES string of the molecule is CCOCCOC(=O)OCP(=O)(OCC)OCC. The molecular formula is C10H21O7P. The third-order valence-electron chi connectivity index (χ3n) is 1.64. The standard InChI is InChI=1S/C10H21O7P/c1-4-13-7-8-14-10(11)15-9-18(12,16-5-2)17-6-3/h4-9H2,1-3H3. The molecule has 0 aliphatic heterocycles. The topological polar surface area (TPSA) is 80.3 Å². The van der Waals surface area contributed by atoms with E-state index in [0.29, 0.717) is 13.2 Å². The van der Waals surface area contributed by atoms with Crippen molar-refractivity contribution in [1.29, 1.82) is 0 Å². The predicted molar refractivity (Wildman–Crippen MR) is 64.7 cm³/mol. The van der Waals surface area contributed by atoms with Gasteiger partial charge >= 0.3 is 13.8 Å². The Labute approximate surface area is 107 Å². The lowest BCUT2D eigenvalue weighted by Gasteiger charge is -2.16. The lowest BCUT2D eigenvalue weighted by atomic mass is 10.7. The molecule has 0 radical (unpaired) electrons. The van der Waals surface area contributed by atoms with Crippen molar-refractivity contribution in [2.75, 3.05) is 39.4 Å². The third-order valence-corrected chi connectivity index (χ3v) is 3.39. The summed E-state index contributed by atoms with van der Waals surface area (Å²) in [5.74, 6) is 0. The fraction of sp³-hybridized carbons (Fsp3) is 0.900. The van der Waals surface area contributed by atoms with Gasteiger partial charge in [-0.25, -0.2) is 4.79 Å². The van der Waals surface area contributed by atoms with Crippen LogP contribution in [0, 0.1) is 0 Å². The van der Waals surface area contributed by atoms with Gasteiger partial charge in [-0.3, -0.25) is 4.57 Å². The second-order valence-electron chi connectivity index (χ2n) is 3.02. The molecule has 0 aliphatic carbocycles. The maximum atomic E-state index is 11.9. The molecule has 0 aromatic carbocycles. The first-order valence-corrected chi connectivity index (χ1v) is 7.56. The van der Waals surface area contributed by atoms with Crippen molar-refractivity contribution in [2.24, 2.45) is 0 Å². The molecule has 0 saturated carbocycles. The van der Waals surface area contributed by atoms with Gasteiger partial charge in [-0.05, 0) is 20.8 Å². The summed E-state index contributed by atoms with van der Waals surface area (Å²) in [7, 11) is -3.37. The number of rotatable bonds is 10. The molecule has 18 heavy (non-hydrogen) atoms. The quantitative estimate of drug-likeness (QED) is 0.346. The molecule has 0 unspecified atom stereocenters. The van der Waals surface area contributed by atoms with Crippen LogP contribution in [0.2, 0.25) is 0 Å². The Morgan fingerprint density at radius 2 is 1.56 bits per heavy atom. The average Bonchev–Trinajstić information content (AvgIpc) is 2.33. The summed E-state index contributed by atoms with van der Waals surface area (Å²) in [6, 6.07) is 0. The number of ether oxygens (including phenoxy) is 3. The van der Waals surface area contributed by atoms with E-state index in [4.69, 9.17) is 13.8 Å². The van der Waals surface area contributed by atoms with Gasteiger partial charge in [0.15, 0.2) is 6.35 Å². The average molecular weight is 284 g/mol. The Bertz CT molecular complexity index is 259. The molecule has 0 atom stereocenters. The minimum Gasteiger partial charge on any atom is -0.432 e. The Morgan fingerprint density at radius 1 is 0.944 bits per heavy atom. The zero-order valence-corrected chi connectivity index (χ0v) is 11.9. The lowest BCUT2D eigenvalue weighted by molar-refractivity contribution is 0.0332. The molecule has 7 nitrogen and oxygen atoms in total. The zero-order valence-electron chi connectivity index (χ0n) is 11.0. The van der Waals surface area contributed by atoms with E-state index in [1.807, 2.05) is 6.92 Å². The minimum absolute atomic E-state index is 0.0836. The number of carbonyl (C=O) groups excluding carboxylic acids is 1. The highest BCUT2D eigenvalue weighted by molar-refractivity contribution is 7.53. The van der Waals surface area contributed by atoms with E-state index in [1.165, 1.54) is 0 Å². The summed E-state index contributed by atoms with van der Waals surface area (Å²) in [4.78, 5) is 11.1. The van der Waals surface area contributed by atoms with Gasteiger partial charge in [0.25, 0.3) is 0 Å². The molecule has 0 bridgehead atoms. The van der Waals surface area contributed by atoms with Crippen molar-refractivity contribution in [1.82, 2.24) is 0 Å². The normalized spacial score (nSPS) is 11.3. The van der Waals surface area contributed by atoms with Crippen molar-refractivity contribution in [3.05, 3.63) is 0 Å². The van der Waals surface area contributed by atoms with E-state index < -0.39 is 20.1 Å². The van der Waals surface area contributed by atoms with E-state index in [-0.39, 0.29) is 19.8 Å². The van der Waals surface area contributed by atoms with Crippen LogP contribution in [0.3, 0.4) is 0 Å². The minimum atomic E-state index is -3.37. The van der Waals surface area contributed by atoms with Gasteiger partial charge in [0.05, 0.1) is 19.8 Å². The third kappa shape index (κ3) is 8.47. The fourth-order valence-corrected chi connectivity index (χ4v) is 2.28. The molecule has 0 aromatic rings. The summed E-state index contributed by atoms with van der Waals surface area (Å²) in [6.07, 6.45) is -1.38. The van der Waals surface area contributed by atoms with Gasteiger partial charge < -0.3 is 23.3 Å². The highest BCUT2D eigenvalue weighted by Gasteiger charge is 2.26. The smallest absolute Gasteiger partial charge is 0.432 e. The maximum Gasteiger partial charge on any atom is 0.508 e. The number of carbonyl (C=O) groups is 1. The molecule has 0 saturated heterocycles. The monoisotopic (exact) mass is 284 g/mol. The first-order chi connectivity index (χ1) is 8.58. The Balaban J connectivity index is 3.89. The zero-order chi connectivity index (χ0) is 13.9. The molecule has 0 spiro atoms. The molecule has 0 heterocycles. The Hall–Kier alpha value is -0.620. The van der Waals surface area contributed by atoms with Crippen LogP contribution in [0.5, 0.6) is 0 Å². The maximum absolute atomic E-state index is 11.9. The molecule has 0 aromatic heterocycles. The summed E-state index contributed by atoms with van der Waals surface area (Å²) in [5.41, 5.74) is 0. The molecule has 0 rings (SSSR count). The summed E-state index contributed by atoms with van der Waals surface area (Å²) < 4.78 is 36.1. The van der Waals surface area contributed by atoms with E-state index in [9.17, 15) is 9.36 Å². The molecule has 0 aliphatic rings. The molecule has 8 heteroatoms. The van der Waals surface area contributed by atoms with Gasteiger partial charge in [-0.2, -0.15) is 0 Å². The van der Waals surface area contributed by atoms with Gasteiger partial charge in [0.2, 0.25) is 0 Å². The van der Waals surface area contributed by atoms with Crippen molar-refractivity contribution in [3.63, 3.8) is 0 Å². The van der Waals surface area contributed by atoms with Crippen LogP contribution in [0.15, 0.2) is 0 Å². The highest BCUT2D eigenvalue weighted by Crippen LogP contribution is 2.47. The Morgan fingerprint density at radius 3 is 2.06 bits per heavy atom. The summed E-state index contributed by atoms with van der Waals surface area (Å²) in [5, 5.41) is 0. The van der Waals surface area contributed by atoms with E-state index in [0.717, 1.165) is 0 Å². The van der Waals surface area contributed by atoms with Crippen LogP contribution >= 0.6 is 7.60 Å². The van der Waals surface area contributed by atoms with Gasteiger partial charge in [-0.1, -0.05) is 0 Å². The Kier molecular flexibility index (Phi) is 9.96. The van der Waals surface area contributed by atoms with Crippen LogP contribution < -0.4 is 0 Å². The van der Waals surface area contributed by atoms with E-state index >= 15 is 0 Å². The molecular weight excluding hydrogens is 263 g/mol. The number of hydrogen-bond donors (Lipinski definition) is 0. The number of hydrogen-bond acceptors (Lipinski definition) is 7. The van der Waals surface area contributed by atoms with Crippen LogP contribution in [0.25, 0.3) is 0 Å². The van der Waals surface area contributed by atoms with Gasteiger partial charge in [0, 0.05) is 6.61 Å². The first kappa shape index (κ1) is 17.4. The van der Waals surface area contributed by atoms with Crippen LogP contribution in [-0.4, -0.2) is 45.5 Å². The molecule has 0 amide bonds. The summed E-state index contributed by atoms with van der Waals surface area (Å²) in [6.45, 7) is 6.51. The predicted octanol–water partition coefficient (Wildman–Crippen LogP) is 2.40. The van der Waals surface area contributed by atoms with Crippen molar-refractivity contribution >= 4 is 13.8 Å². The first-order valence-electron chi connectivity index (χ1n) is 5.83. The second-order valence-corrected chi connectivity index (χ2v) is 5.01. The second kappa shape index (κ2) is 10.3. The largest absolute Gasteiger partial charge is 0.508 e. The highest BCUT2D eigenvalue weighted by atomic mass is 31.2. The van der Waals surface area contributed by atoms with Gasteiger partial charge in [-0.15, -0.1) is 0 Å². The lowest BCUT2D eigenvalue weighted by Crippen LogP contribution is -2.14. The molecule has 0 N–H and O–H groups in total. The summed E-state index contributed by atoms with van der Waals surface area (Å²) >= 11 is 0.